The number of aryl methyl sites for hydroxylation is 1. The van der Waals surface area contributed by atoms with Gasteiger partial charge in [-0.15, -0.1) is 0 Å². The molecule has 0 aliphatic rings. The monoisotopic (exact) mass is 341 g/mol. The maximum atomic E-state index is 12.5. The molecule has 0 saturated heterocycles. The number of aromatic nitrogens is 2. The fourth-order valence-electron chi connectivity index (χ4n) is 2.55. The van der Waals surface area contributed by atoms with Gasteiger partial charge in [-0.3, -0.25) is 9.59 Å². The molecular weight excluding hydrogens is 322 g/mol. The molecule has 25 heavy (non-hydrogen) atoms. The molecule has 1 aromatic carbocycles. The largest absolute Gasteiger partial charge is 0.464 e. The van der Waals surface area contributed by atoms with Gasteiger partial charge in [-0.2, -0.15) is 0 Å². The van der Waals surface area contributed by atoms with E-state index in [1.165, 1.54) is 0 Å². The number of fused-ring (bicyclic) bond motifs is 1. The van der Waals surface area contributed by atoms with Crippen molar-refractivity contribution in [2.75, 3.05) is 13.7 Å². The van der Waals surface area contributed by atoms with E-state index in [4.69, 9.17) is 9.15 Å². The number of aromatic amines is 1. The summed E-state index contributed by atoms with van der Waals surface area (Å²) in [6, 6.07) is 10.0. The highest BCUT2D eigenvalue weighted by Crippen LogP contribution is 2.18. The number of methoxy groups -OCH3 is 1. The summed E-state index contributed by atoms with van der Waals surface area (Å²) in [5, 5.41) is 3.23. The van der Waals surface area contributed by atoms with Crippen LogP contribution in [0.3, 0.4) is 0 Å². The van der Waals surface area contributed by atoms with Crippen LogP contribution >= 0.6 is 0 Å². The van der Waals surface area contributed by atoms with Gasteiger partial charge >= 0.3 is 0 Å². The number of hydrogen-bond acceptors (Lipinski definition) is 5. The number of benzene rings is 1. The molecule has 0 bridgehead atoms. The highest BCUT2D eigenvalue weighted by molar-refractivity contribution is 5.92. The zero-order chi connectivity index (χ0) is 17.8. The van der Waals surface area contributed by atoms with E-state index in [1.807, 2.05) is 13.0 Å². The van der Waals surface area contributed by atoms with Crippen molar-refractivity contribution >= 4 is 16.8 Å². The van der Waals surface area contributed by atoms with Crippen LogP contribution in [-0.2, 0) is 11.2 Å². The minimum absolute atomic E-state index is 0.0490. The van der Waals surface area contributed by atoms with E-state index in [2.05, 4.69) is 15.3 Å². The summed E-state index contributed by atoms with van der Waals surface area (Å²) >= 11 is 0. The number of rotatable bonds is 6. The molecule has 0 aliphatic carbocycles. The van der Waals surface area contributed by atoms with Gasteiger partial charge in [0.05, 0.1) is 17.5 Å². The molecule has 3 rings (SSSR count). The van der Waals surface area contributed by atoms with Crippen molar-refractivity contribution in [2.45, 2.75) is 19.4 Å². The van der Waals surface area contributed by atoms with Crippen LogP contribution < -0.4 is 10.9 Å². The Labute approximate surface area is 144 Å². The summed E-state index contributed by atoms with van der Waals surface area (Å²) in [4.78, 5) is 31.4. The summed E-state index contributed by atoms with van der Waals surface area (Å²) in [5.74, 6) is 0.865. The maximum Gasteiger partial charge on any atom is 0.287 e. The van der Waals surface area contributed by atoms with Gasteiger partial charge in [0.2, 0.25) is 0 Å². The van der Waals surface area contributed by atoms with Crippen molar-refractivity contribution in [3.63, 3.8) is 0 Å². The third-order valence-corrected chi connectivity index (χ3v) is 3.84. The second-order valence-corrected chi connectivity index (χ2v) is 5.57. The number of nitrogens with zero attached hydrogens (tertiary/aromatic N) is 1. The third kappa shape index (κ3) is 3.61. The maximum absolute atomic E-state index is 12.5. The molecule has 2 N–H and O–H groups in total. The predicted molar refractivity (Wildman–Crippen MR) is 92.5 cm³/mol. The average molecular weight is 341 g/mol. The van der Waals surface area contributed by atoms with E-state index in [0.717, 1.165) is 12.2 Å². The molecule has 130 valence electrons. The van der Waals surface area contributed by atoms with Crippen LogP contribution in [0.25, 0.3) is 10.9 Å². The van der Waals surface area contributed by atoms with Gasteiger partial charge in [0.25, 0.3) is 11.5 Å². The standard InChI is InChI=1S/C18H19N3O4/c1-3-11-8-9-15(25-11)14(10-24-2)20-18(23)16-19-13-7-5-4-6-12(13)17(22)21-16/h4-9,14H,3,10H2,1-2H3,(H,20,23)(H,19,21,22). The Kier molecular flexibility index (Phi) is 4.95. The van der Waals surface area contributed by atoms with Crippen molar-refractivity contribution in [1.82, 2.24) is 15.3 Å². The first-order chi connectivity index (χ1) is 12.1. The molecule has 7 heteroatoms. The molecule has 2 aromatic heterocycles. The molecule has 0 aliphatic heterocycles. The molecule has 0 radical (unpaired) electrons. The second-order valence-electron chi connectivity index (χ2n) is 5.57. The Morgan fingerprint density at radius 2 is 2.12 bits per heavy atom. The minimum atomic E-state index is -0.501. The van der Waals surface area contributed by atoms with Crippen LogP contribution in [0.2, 0.25) is 0 Å². The third-order valence-electron chi connectivity index (χ3n) is 3.84. The van der Waals surface area contributed by atoms with Gasteiger partial charge in [0.1, 0.15) is 17.6 Å². The highest BCUT2D eigenvalue weighted by atomic mass is 16.5. The quantitative estimate of drug-likeness (QED) is 0.716. The second kappa shape index (κ2) is 7.31. The van der Waals surface area contributed by atoms with Crippen molar-refractivity contribution in [1.29, 1.82) is 0 Å². The van der Waals surface area contributed by atoms with Crippen molar-refractivity contribution in [2.24, 2.45) is 0 Å². The molecule has 0 fully saturated rings. The van der Waals surface area contributed by atoms with Gasteiger partial charge in [0, 0.05) is 13.5 Å². The molecule has 0 saturated carbocycles. The van der Waals surface area contributed by atoms with E-state index in [-0.39, 0.29) is 18.0 Å². The van der Waals surface area contributed by atoms with Gasteiger partial charge in [0.15, 0.2) is 5.82 Å². The lowest BCUT2D eigenvalue weighted by atomic mass is 10.2. The van der Waals surface area contributed by atoms with Crippen LogP contribution in [0, 0.1) is 0 Å². The minimum Gasteiger partial charge on any atom is -0.464 e. The predicted octanol–water partition coefficient (Wildman–Crippen LogP) is 2.20. The van der Waals surface area contributed by atoms with E-state index in [0.29, 0.717) is 16.7 Å². The number of carbonyl (C=O) groups is 1. The SMILES string of the molecule is CCc1ccc(C(COC)NC(=O)c2nc3ccccc3c(=O)[nH]2)o1. The number of nitrogens with one attached hydrogen (secondary N) is 2. The smallest absolute Gasteiger partial charge is 0.287 e. The zero-order valence-corrected chi connectivity index (χ0v) is 14.0. The number of para-hydroxylation sites is 1. The van der Waals surface area contributed by atoms with Crippen LogP contribution in [0.4, 0.5) is 0 Å². The Hall–Kier alpha value is -2.93. The van der Waals surface area contributed by atoms with Crippen LogP contribution in [-0.4, -0.2) is 29.6 Å². The molecule has 7 nitrogen and oxygen atoms in total. The fourth-order valence-corrected chi connectivity index (χ4v) is 2.55. The van der Waals surface area contributed by atoms with E-state index >= 15 is 0 Å². The van der Waals surface area contributed by atoms with Gasteiger partial charge in [-0.05, 0) is 24.3 Å². The van der Waals surface area contributed by atoms with Gasteiger partial charge in [-0.25, -0.2) is 4.98 Å². The van der Waals surface area contributed by atoms with E-state index in [9.17, 15) is 9.59 Å². The van der Waals surface area contributed by atoms with Crippen molar-refractivity contribution in [3.8, 4) is 0 Å². The Morgan fingerprint density at radius 3 is 2.84 bits per heavy atom. The summed E-state index contributed by atoms with van der Waals surface area (Å²) in [6.07, 6.45) is 0.757. The summed E-state index contributed by atoms with van der Waals surface area (Å²) in [6.45, 7) is 2.22. The number of H-pyrrole nitrogens is 1. The first-order valence-corrected chi connectivity index (χ1v) is 7.99. The van der Waals surface area contributed by atoms with Crippen LogP contribution in [0.5, 0.6) is 0 Å². The molecule has 1 atom stereocenters. The topological polar surface area (TPSA) is 97.2 Å². The van der Waals surface area contributed by atoms with Crippen molar-refractivity contribution < 1.29 is 13.9 Å². The first kappa shape index (κ1) is 16.9. The molecule has 1 unspecified atom stereocenters. The summed E-state index contributed by atoms with van der Waals surface area (Å²) in [5.41, 5.74) is 0.108. The molecule has 0 spiro atoms. The molecular formula is C18H19N3O4. The normalized spacial score (nSPS) is 12.2. The molecule has 3 aromatic rings. The summed E-state index contributed by atoms with van der Waals surface area (Å²) in [7, 11) is 1.54. The fraction of sp³-hybridized carbons (Fsp3) is 0.278. The van der Waals surface area contributed by atoms with Crippen LogP contribution in [0.1, 0.15) is 35.1 Å². The Morgan fingerprint density at radius 1 is 1.32 bits per heavy atom. The average Bonchev–Trinajstić information content (AvgIpc) is 3.10. The van der Waals surface area contributed by atoms with Gasteiger partial charge in [-0.1, -0.05) is 19.1 Å². The summed E-state index contributed by atoms with van der Waals surface area (Å²) < 4.78 is 10.9. The number of furan rings is 1. The molecule has 2 heterocycles. The van der Waals surface area contributed by atoms with E-state index in [1.54, 1.807) is 37.4 Å². The first-order valence-electron chi connectivity index (χ1n) is 7.99. The lowest BCUT2D eigenvalue weighted by Gasteiger charge is -2.15. The van der Waals surface area contributed by atoms with Gasteiger partial charge < -0.3 is 19.5 Å². The zero-order valence-electron chi connectivity index (χ0n) is 14.0. The van der Waals surface area contributed by atoms with Crippen molar-refractivity contribution in [3.05, 3.63) is 64.1 Å². The number of carbonyl (C=O) groups excluding carboxylic acids is 1. The lowest BCUT2D eigenvalue weighted by Crippen LogP contribution is -2.33. The Balaban J connectivity index is 1.87. The number of hydrogen-bond donors (Lipinski definition) is 2. The van der Waals surface area contributed by atoms with Crippen LogP contribution in [0.15, 0.2) is 45.6 Å². The highest BCUT2D eigenvalue weighted by Gasteiger charge is 2.21. The Bertz CT molecular complexity index is 945. The van der Waals surface area contributed by atoms with E-state index < -0.39 is 11.9 Å². The number of amides is 1. The lowest BCUT2D eigenvalue weighted by molar-refractivity contribution is 0.0872. The number of ether oxygens (including phenoxy) is 1. The molecule has 1 amide bonds.